The van der Waals surface area contributed by atoms with Crippen LogP contribution in [0.15, 0.2) is 47.6 Å². The minimum absolute atomic E-state index is 0.454. The van der Waals surface area contributed by atoms with Crippen LogP contribution in [0.25, 0.3) is 16.8 Å². The summed E-state index contributed by atoms with van der Waals surface area (Å²) in [5.41, 5.74) is 1.20. The van der Waals surface area contributed by atoms with E-state index in [0.717, 1.165) is 34.9 Å². The summed E-state index contributed by atoms with van der Waals surface area (Å²) >= 11 is 1.16. The van der Waals surface area contributed by atoms with Crippen molar-refractivity contribution in [1.82, 2.24) is 19.6 Å². The van der Waals surface area contributed by atoms with Gasteiger partial charge in [-0.25, -0.2) is 18.9 Å². The van der Waals surface area contributed by atoms with E-state index in [1.54, 1.807) is 11.3 Å². The monoisotopic (exact) mass is 373 g/mol. The number of fused-ring (bicyclic) bond motifs is 3. The number of benzene rings is 2. The number of halogens is 2. The lowest BCUT2D eigenvalue weighted by Crippen LogP contribution is -2.24. The van der Waals surface area contributed by atoms with Crippen LogP contribution in [0, 0.1) is 11.6 Å². The van der Waals surface area contributed by atoms with E-state index in [1.165, 1.54) is 6.07 Å². The molecule has 0 saturated carbocycles. The second-order valence-corrected chi connectivity index (χ2v) is 6.92. The Hall–Kier alpha value is -2.94. The van der Waals surface area contributed by atoms with Gasteiger partial charge in [-0.1, -0.05) is 30.0 Å². The number of hydrogen-bond acceptors (Lipinski definition) is 4. The molecule has 1 unspecified atom stereocenters. The number of amides is 1. The van der Waals surface area contributed by atoms with Crippen LogP contribution in [-0.2, 0) is 4.79 Å². The SMILES string of the molecule is CC(Sc1n[nH]c2nc3ccccc3n12)C(=O)Nc1c(F)cccc1F. The fourth-order valence-electron chi connectivity index (χ4n) is 2.58. The molecule has 0 saturated heterocycles. The first-order chi connectivity index (χ1) is 12.5. The van der Waals surface area contributed by atoms with E-state index in [2.05, 4.69) is 20.5 Å². The van der Waals surface area contributed by atoms with Crippen molar-refractivity contribution in [2.45, 2.75) is 17.3 Å². The first-order valence-electron chi connectivity index (χ1n) is 7.77. The molecule has 4 rings (SSSR count). The maximum absolute atomic E-state index is 13.7. The van der Waals surface area contributed by atoms with Crippen LogP contribution in [0.5, 0.6) is 0 Å². The molecule has 0 aliphatic carbocycles. The molecule has 9 heteroatoms. The number of aromatic nitrogens is 4. The van der Waals surface area contributed by atoms with Crippen molar-refractivity contribution in [2.24, 2.45) is 0 Å². The van der Waals surface area contributed by atoms with E-state index in [9.17, 15) is 13.6 Å². The van der Waals surface area contributed by atoms with Gasteiger partial charge in [-0.15, -0.1) is 5.10 Å². The predicted molar refractivity (Wildman–Crippen MR) is 95.2 cm³/mol. The number of imidazole rings is 1. The maximum atomic E-state index is 13.7. The zero-order valence-electron chi connectivity index (χ0n) is 13.5. The molecule has 2 heterocycles. The lowest BCUT2D eigenvalue weighted by molar-refractivity contribution is -0.115. The van der Waals surface area contributed by atoms with E-state index in [0.29, 0.717) is 10.9 Å². The largest absolute Gasteiger partial charge is 0.320 e. The molecule has 2 aromatic carbocycles. The fourth-order valence-corrected chi connectivity index (χ4v) is 3.45. The fraction of sp³-hybridized carbons (Fsp3) is 0.118. The Kier molecular flexibility index (Phi) is 4.08. The van der Waals surface area contributed by atoms with Crippen molar-refractivity contribution in [3.8, 4) is 0 Å². The maximum Gasteiger partial charge on any atom is 0.237 e. The standard InChI is InChI=1S/C17H13F2N5OS/c1-9(15(25)21-14-10(18)5-4-6-11(14)19)26-17-23-22-16-20-12-7-2-3-8-13(12)24(16)17/h2-9H,1H3,(H,20,22)(H,21,25). The Balaban J connectivity index is 1.59. The van der Waals surface area contributed by atoms with E-state index >= 15 is 0 Å². The number of carbonyl (C=O) groups excluding carboxylic acids is 1. The molecule has 0 fully saturated rings. The van der Waals surface area contributed by atoms with Crippen LogP contribution in [-0.4, -0.2) is 30.7 Å². The van der Waals surface area contributed by atoms with E-state index < -0.39 is 28.5 Å². The minimum atomic E-state index is -0.821. The first kappa shape index (κ1) is 16.5. The molecule has 6 nitrogen and oxygen atoms in total. The summed E-state index contributed by atoms with van der Waals surface area (Å²) in [6, 6.07) is 11.0. The molecule has 4 aromatic rings. The van der Waals surface area contributed by atoms with Crippen LogP contribution < -0.4 is 5.32 Å². The summed E-state index contributed by atoms with van der Waals surface area (Å²) in [7, 11) is 0. The van der Waals surface area contributed by atoms with Crippen LogP contribution >= 0.6 is 11.8 Å². The number of nitrogens with zero attached hydrogens (tertiary/aromatic N) is 3. The van der Waals surface area contributed by atoms with Gasteiger partial charge >= 0.3 is 0 Å². The first-order valence-corrected chi connectivity index (χ1v) is 8.65. The van der Waals surface area contributed by atoms with Crippen molar-refractivity contribution in [3.63, 3.8) is 0 Å². The van der Waals surface area contributed by atoms with Crippen LogP contribution in [0.3, 0.4) is 0 Å². The van der Waals surface area contributed by atoms with E-state index in [-0.39, 0.29) is 0 Å². The van der Waals surface area contributed by atoms with Gasteiger partial charge in [-0.3, -0.25) is 9.20 Å². The summed E-state index contributed by atoms with van der Waals surface area (Å²) < 4.78 is 29.2. The van der Waals surface area contributed by atoms with Gasteiger partial charge in [0.05, 0.1) is 16.3 Å². The number of anilines is 1. The number of thioether (sulfide) groups is 1. The topological polar surface area (TPSA) is 75.1 Å². The van der Waals surface area contributed by atoms with Crippen LogP contribution in [0.1, 0.15) is 6.92 Å². The highest BCUT2D eigenvalue weighted by atomic mass is 32.2. The summed E-state index contributed by atoms with van der Waals surface area (Å²) in [6.07, 6.45) is 0. The van der Waals surface area contributed by atoms with Gasteiger partial charge in [-0.2, -0.15) is 0 Å². The number of nitrogens with one attached hydrogen (secondary N) is 2. The molecule has 0 spiro atoms. The molecule has 132 valence electrons. The van der Waals surface area contributed by atoms with Gasteiger partial charge in [-0.05, 0) is 31.2 Å². The van der Waals surface area contributed by atoms with Gasteiger partial charge in [0.15, 0.2) is 5.16 Å². The molecule has 1 atom stereocenters. The molecular weight excluding hydrogens is 360 g/mol. The van der Waals surface area contributed by atoms with Crippen molar-refractivity contribution in [2.75, 3.05) is 5.32 Å². The van der Waals surface area contributed by atoms with Crippen LogP contribution in [0.4, 0.5) is 14.5 Å². The molecule has 2 N–H and O–H groups in total. The number of H-pyrrole nitrogens is 1. The van der Waals surface area contributed by atoms with Gasteiger partial charge in [0.1, 0.15) is 17.3 Å². The zero-order valence-corrected chi connectivity index (χ0v) is 14.3. The lowest BCUT2D eigenvalue weighted by Gasteiger charge is -2.12. The summed E-state index contributed by atoms with van der Waals surface area (Å²) in [4.78, 5) is 16.8. The number of rotatable bonds is 4. The van der Waals surface area contributed by atoms with Gasteiger partial charge < -0.3 is 5.32 Å². The van der Waals surface area contributed by atoms with Crippen molar-refractivity contribution < 1.29 is 13.6 Å². The molecule has 26 heavy (non-hydrogen) atoms. The summed E-state index contributed by atoms with van der Waals surface area (Å²) in [5, 5.41) is 9.19. The Morgan fingerprint density at radius 2 is 1.92 bits per heavy atom. The molecule has 0 bridgehead atoms. The molecule has 2 aromatic heterocycles. The summed E-state index contributed by atoms with van der Waals surface area (Å²) in [5.74, 6) is -1.61. The molecule has 1 amide bonds. The van der Waals surface area contributed by atoms with Gasteiger partial charge in [0.25, 0.3) is 0 Å². The molecule has 0 radical (unpaired) electrons. The Morgan fingerprint density at radius 3 is 2.69 bits per heavy atom. The zero-order chi connectivity index (χ0) is 18.3. The quantitative estimate of drug-likeness (QED) is 0.536. The van der Waals surface area contributed by atoms with E-state index in [4.69, 9.17) is 0 Å². The lowest BCUT2D eigenvalue weighted by atomic mass is 10.3. The molecule has 0 aliphatic rings. The highest BCUT2D eigenvalue weighted by molar-refractivity contribution is 8.00. The number of aromatic amines is 1. The average molecular weight is 373 g/mol. The Morgan fingerprint density at radius 1 is 1.19 bits per heavy atom. The van der Waals surface area contributed by atoms with Crippen LogP contribution in [0.2, 0.25) is 0 Å². The highest BCUT2D eigenvalue weighted by Crippen LogP contribution is 2.27. The van der Waals surface area contributed by atoms with Gasteiger partial charge in [0.2, 0.25) is 11.7 Å². The normalized spacial score (nSPS) is 12.6. The number of para-hydroxylation sites is 3. The molecular formula is C17H13F2N5OS. The van der Waals surface area contributed by atoms with E-state index in [1.807, 2.05) is 24.3 Å². The molecule has 0 aliphatic heterocycles. The number of hydrogen-bond donors (Lipinski definition) is 2. The second kappa shape index (κ2) is 6.41. The average Bonchev–Trinajstić information content (AvgIpc) is 3.18. The minimum Gasteiger partial charge on any atom is -0.320 e. The third-order valence-corrected chi connectivity index (χ3v) is 4.92. The third kappa shape index (κ3) is 2.80. The summed E-state index contributed by atoms with van der Waals surface area (Å²) in [6.45, 7) is 1.64. The number of carbonyl (C=O) groups is 1. The van der Waals surface area contributed by atoms with Gasteiger partial charge in [0, 0.05) is 0 Å². The van der Waals surface area contributed by atoms with Crippen molar-refractivity contribution >= 4 is 40.2 Å². The Labute approximate surface area is 150 Å². The Bertz CT molecular complexity index is 1100. The highest BCUT2D eigenvalue weighted by Gasteiger charge is 2.21. The van der Waals surface area contributed by atoms with Crippen molar-refractivity contribution in [3.05, 3.63) is 54.1 Å². The predicted octanol–water partition coefficient (Wildman–Crippen LogP) is 3.61. The third-order valence-electron chi connectivity index (χ3n) is 3.87. The smallest absolute Gasteiger partial charge is 0.237 e. The van der Waals surface area contributed by atoms with Crippen molar-refractivity contribution in [1.29, 1.82) is 0 Å². The second-order valence-electron chi connectivity index (χ2n) is 5.61.